The van der Waals surface area contributed by atoms with Gasteiger partial charge in [0.25, 0.3) is 0 Å². The fourth-order valence-corrected chi connectivity index (χ4v) is 5.05. The monoisotopic (exact) mass is 556 g/mol. The standard InChI is InChI=1S/C29H29ClN8O2/c1-40-24-7-5-23(6-8-24)37-10-12-38(13-11-37)29(39)35-26-9-4-21-15-20(26)3-2-19-14-22(17-31-16-19)34-28-32-18-25(30)27(33-21)36-28/h4-9,14-18H,2-3,10-13H2,1H3,(H,35,39)(H2,32,33,34,36). The van der Waals surface area contributed by atoms with Crippen LogP contribution in [0.2, 0.25) is 5.02 Å². The van der Waals surface area contributed by atoms with Crippen LogP contribution in [0.15, 0.2) is 67.1 Å². The van der Waals surface area contributed by atoms with E-state index in [4.69, 9.17) is 16.3 Å². The number of rotatable bonds is 3. The van der Waals surface area contributed by atoms with Crippen molar-refractivity contribution in [3.8, 4) is 5.75 Å². The van der Waals surface area contributed by atoms with Gasteiger partial charge < -0.3 is 30.5 Å². The zero-order valence-corrected chi connectivity index (χ0v) is 22.8. The fourth-order valence-electron chi connectivity index (χ4n) is 4.91. The van der Waals surface area contributed by atoms with Crippen LogP contribution < -0.4 is 25.6 Å². The number of benzene rings is 2. The number of nitrogens with one attached hydrogen (secondary N) is 3. The second-order valence-electron chi connectivity index (χ2n) is 9.70. The molecule has 2 aliphatic rings. The molecule has 0 atom stereocenters. The molecule has 10 nitrogen and oxygen atoms in total. The Hall–Kier alpha value is -4.57. The first-order valence-corrected chi connectivity index (χ1v) is 13.5. The van der Waals surface area contributed by atoms with Gasteiger partial charge in [0.15, 0.2) is 5.82 Å². The summed E-state index contributed by atoms with van der Waals surface area (Å²) >= 11 is 6.38. The molecular weight excluding hydrogens is 528 g/mol. The van der Waals surface area contributed by atoms with Crippen LogP contribution in [0, 0.1) is 0 Å². The van der Waals surface area contributed by atoms with Gasteiger partial charge in [-0.25, -0.2) is 9.78 Å². The summed E-state index contributed by atoms with van der Waals surface area (Å²) in [6, 6.07) is 15.8. The van der Waals surface area contributed by atoms with E-state index in [0.717, 1.165) is 59.1 Å². The summed E-state index contributed by atoms with van der Waals surface area (Å²) in [5.74, 6) is 1.73. The number of methoxy groups -OCH3 is 1. The van der Waals surface area contributed by atoms with E-state index in [0.29, 0.717) is 36.3 Å². The quantitative estimate of drug-likeness (QED) is 0.305. The van der Waals surface area contributed by atoms with Crippen LogP contribution in [0.25, 0.3) is 0 Å². The number of aryl methyl sites for hydroxylation is 2. The van der Waals surface area contributed by atoms with E-state index in [-0.39, 0.29) is 6.03 Å². The van der Waals surface area contributed by atoms with Crippen LogP contribution in [0.4, 0.5) is 39.3 Å². The van der Waals surface area contributed by atoms with E-state index in [1.165, 1.54) is 0 Å². The van der Waals surface area contributed by atoms with Crippen molar-refractivity contribution in [3.05, 3.63) is 83.3 Å². The molecular formula is C29H29ClN8O2. The summed E-state index contributed by atoms with van der Waals surface area (Å²) in [4.78, 5) is 30.6. The number of carbonyl (C=O) groups is 1. The molecule has 40 heavy (non-hydrogen) atoms. The number of nitrogens with zero attached hydrogens (tertiary/aromatic N) is 5. The minimum Gasteiger partial charge on any atom is -0.497 e. The largest absolute Gasteiger partial charge is 0.497 e. The maximum absolute atomic E-state index is 13.3. The molecule has 6 rings (SSSR count). The van der Waals surface area contributed by atoms with E-state index >= 15 is 0 Å². The highest BCUT2D eigenvalue weighted by atomic mass is 35.5. The highest BCUT2D eigenvalue weighted by Gasteiger charge is 2.22. The zero-order chi connectivity index (χ0) is 27.5. The predicted octanol–water partition coefficient (Wildman–Crippen LogP) is 5.47. The third-order valence-electron chi connectivity index (χ3n) is 7.09. The Bertz CT molecular complexity index is 1520. The fraction of sp³-hybridized carbons (Fsp3) is 0.241. The molecule has 1 saturated heterocycles. The number of halogens is 1. The second kappa shape index (κ2) is 11.3. The first-order chi connectivity index (χ1) is 19.5. The van der Waals surface area contributed by atoms with Crippen LogP contribution in [0.1, 0.15) is 11.1 Å². The smallest absolute Gasteiger partial charge is 0.321 e. The number of amides is 2. The lowest BCUT2D eigenvalue weighted by atomic mass is 10.0. The number of pyridine rings is 1. The lowest BCUT2D eigenvalue weighted by Crippen LogP contribution is -2.50. The summed E-state index contributed by atoms with van der Waals surface area (Å²) < 4.78 is 5.26. The maximum atomic E-state index is 13.3. The number of carbonyl (C=O) groups excluding carboxylic acids is 1. The number of ether oxygens (including phenoxy) is 1. The molecule has 2 aliphatic heterocycles. The first-order valence-electron chi connectivity index (χ1n) is 13.1. The van der Waals surface area contributed by atoms with Gasteiger partial charge in [-0.3, -0.25) is 4.98 Å². The molecule has 2 amide bonds. The van der Waals surface area contributed by atoms with Gasteiger partial charge in [0, 0.05) is 49.4 Å². The van der Waals surface area contributed by atoms with Crippen molar-refractivity contribution < 1.29 is 9.53 Å². The van der Waals surface area contributed by atoms with Gasteiger partial charge in [0.1, 0.15) is 10.8 Å². The third-order valence-corrected chi connectivity index (χ3v) is 7.37. The molecule has 11 heteroatoms. The third kappa shape index (κ3) is 5.72. The summed E-state index contributed by atoms with van der Waals surface area (Å²) in [6.45, 7) is 2.78. The van der Waals surface area contributed by atoms with Gasteiger partial charge in [-0.2, -0.15) is 4.98 Å². The van der Waals surface area contributed by atoms with Crippen LogP contribution in [0.5, 0.6) is 5.75 Å². The molecule has 3 N–H and O–H groups in total. The molecule has 6 bridgehead atoms. The highest BCUT2D eigenvalue weighted by molar-refractivity contribution is 6.32. The van der Waals surface area contributed by atoms with Crippen molar-refractivity contribution in [1.29, 1.82) is 0 Å². The van der Waals surface area contributed by atoms with E-state index < -0.39 is 0 Å². The van der Waals surface area contributed by atoms with E-state index in [2.05, 4.69) is 35.8 Å². The molecule has 2 aromatic carbocycles. The van der Waals surface area contributed by atoms with E-state index in [1.54, 1.807) is 19.5 Å². The first kappa shape index (κ1) is 25.7. The molecule has 0 aliphatic carbocycles. The van der Waals surface area contributed by atoms with Crippen LogP contribution in [-0.2, 0) is 12.8 Å². The van der Waals surface area contributed by atoms with Gasteiger partial charge >= 0.3 is 6.03 Å². The number of piperazine rings is 1. The molecule has 204 valence electrons. The van der Waals surface area contributed by atoms with E-state index in [1.807, 2.05) is 59.6 Å². The molecule has 1 fully saturated rings. The molecule has 4 heterocycles. The lowest BCUT2D eigenvalue weighted by Gasteiger charge is -2.36. The average molecular weight is 557 g/mol. The number of hydrogen-bond acceptors (Lipinski definition) is 8. The minimum atomic E-state index is -0.106. The van der Waals surface area contributed by atoms with Gasteiger partial charge in [0.05, 0.1) is 25.2 Å². The summed E-state index contributed by atoms with van der Waals surface area (Å²) in [6.07, 6.45) is 6.59. The highest BCUT2D eigenvalue weighted by Crippen LogP contribution is 2.29. The Labute approximate surface area is 237 Å². The Kier molecular flexibility index (Phi) is 7.24. The van der Waals surface area contributed by atoms with Gasteiger partial charge in [-0.15, -0.1) is 0 Å². The summed E-state index contributed by atoms with van der Waals surface area (Å²) in [7, 11) is 1.66. The van der Waals surface area contributed by atoms with Gasteiger partial charge in [-0.05, 0) is 72.5 Å². The Morgan fingerprint density at radius 2 is 1.77 bits per heavy atom. The molecule has 0 saturated carbocycles. The zero-order valence-electron chi connectivity index (χ0n) is 22.0. The average Bonchev–Trinajstić information content (AvgIpc) is 2.99. The van der Waals surface area contributed by atoms with Crippen molar-refractivity contribution in [2.75, 3.05) is 54.1 Å². The van der Waals surface area contributed by atoms with Crippen molar-refractivity contribution in [1.82, 2.24) is 19.9 Å². The minimum absolute atomic E-state index is 0.106. The molecule has 0 unspecified atom stereocenters. The molecule has 0 radical (unpaired) electrons. The Balaban J connectivity index is 1.19. The van der Waals surface area contributed by atoms with Gasteiger partial charge in [-0.1, -0.05) is 11.6 Å². The van der Waals surface area contributed by atoms with Crippen molar-refractivity contribution in [3.63, 3.8) is 0 Å². The molecule has 4 aromatic rings. The Morgan fingerprint density at radius 1 is 0.950 bits per heavy atom. The van der Waals surface area contributed by atoms with Crippen molar-refractivity contribution in [2.24, 2.45) is 0 Å². The number of anilines is 6. The van der Waals surface area contributed by atoms with Gasteiger partial charge in [0.2, 0.25) is 5.95 Å². The normalized spacial score (nSPS) is 14.6. The van der Waals surface area contributed by atoms with E-state index in [9.17, 15) is 4.79 Å². The number of fused-ring (bicyclic) bond motifs is 6. The lowest BCUT2D eigenvalue weighted by molar-refractivity contribution is 0.208. The molecule has 0 spiro atoms. The van der Waals surface area contributed by atoms with Crippen LogP contribution >= 0.6 is 11.6 Å². The second-order valence-corrected chi connectivity index (χ2v) is 10.1. The Morgan fingerprint density at radius 3 is 2.58 bits per heavy atom. The SMILES string of the molecule is COc1ccc(N2CCN(C(=O)Nc3ccc4cc3CCc3cncc(c3)Nc3ncc(Cl)c(n3)N4)CC2)cc1. The van der Waals surface area contributed by atoms with Crippen molar-refractivity contribution in [2.45, 2.75) is 12.8 Å². The topological polar surface area (TPSA) is 108 Å². The van der Waals surface area contributed by atoms with Crippen LogP contribution in [-0.4, -0.2) is 59.2 Å². The van der Waals surface area contributed by atoms with Crippen molar-refractivity contribution >= 4 is 52.1 Å². The summed E-state index contributed by atoms with van der Waals surface area (Å²) in [5, 5.41) is 10.0. The number of aromatic nitrogens is 3. The maximum Gasteiger partial charge on any atom is 0.321 e. The van der Waals surface area contributed by atoms with Crippen LogP contribution in [0.3, 0.4) is 0 Å². The number of urea groups is 1. The number of hydrogen-bond donors (Lipinski definition) is 3. The molecule has 2 aromatic heterocycles. The predicted molar refractivity (Wildman–Crippen MR) is 157 cm³/mol. The summed E-state index contributed by atoms with van der Waals surface area (Å²) in [5.41, 5.74) is 5.57.